The van der Waals surface area contributed by atoms with Gasteiger partial charge < -0.3 is 5.32 Å². The zero-order chi connectivity index (χ0) is 15.5. The molecule has 1 N–H and O–H groups in total. The third kappa shape index (κ3) is 5.14. The molecule has 118 valence electrons. The molecule has 2 nitrogen and oxygen atoms in total. The summed E-state index contributed by atoms with van der Waals surface area (Å²) >= 11 is 12.6. The van der Waals surface area contributed by atoms with E-state index in [1.807, 2.05) is 18.2 Å². The fourth-order valence-electron chi connectivity index (χ4n) is 2.81. The number of hydrogen-bond donors (Lipinski definition) is 1. The zero-order valence-electron chi connectivity index (χ0n) is 13.3. The molecule has 1 aromatic rings. The lowest BCUT2D eigenvalue weighted by Gasteiger charge is -2.38. The van der Waals surface area contributed by atoms with Gasteiger partial charge in [-0.15, -0.1) is 0 Å². The average Bonchev–Trinajstić information content (AvgIpc) is 2.41. The van der Waals surface area contributed by atoms with Crippen molar-refractivity contribution in [1.82, 2.24) is 10.2 Å². The first-order valence-corrected chi connectivity index (χ1v) is 8.54. The van der Waals surface area contributed by atoms with E-state index in [1.54, 1.807) is 0 Å². The first kappa shape index (κ1) is 17.1. The first-order valence-electron chi connectivity index (χ1n) is 7.79. The Balaban J connectivity index is 2.05. The molecule has 1 aliphatic heterocycles. The van der Waals surface area contributed by atoms with Crippen LogP contribution in [0, 0.1) is 0 Å². The predicted octanol–water partition coefficient (Wildman–Crippen LogP) is 4.74. The highest BCUT2D eigenvalue weighted by molar-refractivity contribution is 6.35. The van der Waals surface area contributed by atoms with Gasteiger partial charge in [0.2, 0.25) is 0 Å². The largest absolute Gasteiger partial charge is 0.311 e. The number of nitrogens with one attached hydrogen (secondary N) is 1. The fourth-order valence-corrected chi connectivity index (χ4v) is 3.33. The van der Waals surface area contributed by atoms with Crippen molar-refractivity contribution in [1.29, 1.82) is 0 Å². The van der Waals surface area contributed by atoms with E-state index in [0.717, 1.165) is 35.2 Å². The van der Waals surface area contributed by atoms with Gasteiger partial charge in [0.25, 0.3) is 0 Å². The van der Waals surface area contributed by atoms with Crippen molar-refractivity contribution in [3.8, 4) is 0 Å². The number of piperidine rings is 1. The first-order chi connectivity index (χ1) is 9.87. The van der Waals surface area contributed by atoms with Gasteiger partial charge in [0.15, 0.2) is 0 Å². The van der Waals surface area contributed by atoms with Crippen molar-refractivity contribution in [3.63, 3.8) is 0 Å². The second kappa shape index (κ2) is 7.32. The van der Waals surface area contributed by atoms with Crippen molar-refractivity contribution in [2.24, 2.45) is 0 Å². The minimum Gasteiger partial charge on any atom is -0.311 e. The molecule has 1 unspecified atom stereocenters. The van der Waals surface area contributed by atoms with Gasteiger partial charge in [-0.05, 0) is 52.3 Å². The van der Waals surface area contributed by atoms with Crippen LogP contribution in [0.15, 0.2) is 18.2 Å². The molecular weight excluding hydrogens is 303 g/mol. The minimum absolute atomic E-state index is 0.158. The van der Waals surface area contributed by atoms with Gasteiger partial charge in [0, 0.05) is 40.3 Å². The Morgan fingerprint density at radius 2 is 1.86 bits per heavy atom. The molecule has 0 saturated carbocycles. The summed E-state index contributed by atoms with van der Waals surface area (Å²) in [5, 5.41) is 5.18. The summed E-state index contributed by atoms with van der Waals surface area (Å²) in [5.41, 5.74) is 1.22. The Morgan fingerprint density at radius 3 is 2.48 bits per heavy atom. The van der Waals surface area contributed by atoms with E-state index in [2.05, 4.69) is 31.0 Å². The summed E-state index contributed by atoms with van der Waals surface area (Å²) in [7, 11) is 0. The second-order valence-corrected chi connectivity index (χ2v) is 7.77. The summed E-state index contributed by atoms with van der Waals surface area (Å²) in [5.74, 6) is 0. The minimum atomic E-state index is 0.158. The van der Waals surface area contributed by atoms with Crippen LogP contribution >= 0.6 is 23.2 Å². The number of benzene rings is 1. The SMILES string of the molecule is CC(C)(C)NCC1CCCCN1Cc1c(Cl)cccc1Cl. The molecule has 1 saturated heterocycles. The topological polar surface area (TPSA) is 15.3 Å². The van der Waals surface area contributed by atoms with Crippen LogP contribution in [0.3, 0.4) is 0 Å². The summed E-state index contributed by atoms with van der Waals surface area (Å²) in [6.45, 7) is 9.62. The van der Waals surface area contributed by atoms with E-state index in [4.69, 9.17) is 23.2 Å². The maximum atomic E-state index is 6.32. The van der Waals surface area contributed by atoms with E-state index in [0.29, 0.717) is 6.04 Å². The molecule has 0 amide bonds. The maximum absolute atomic E-state index is 6.32. The summed E-state index contributed by atoms with van der Waals surface area (Å²) in [6.07, 6.45) is 3.81. The summed E-state index contributed by atoms with van der Waals surface area (Å²) in [6, 6.07) is 6.32. The molecule has 0 aromatic heterocycles. The number of nitrogens with zero attached hydrogens (tertiary/aromatic N) is 1. The molecule has 21 heavy (non-hydrogen) atoms. The van der Waals surface area contributed by atoms with E-state index in [1.165, 1.54) is 19.3 Å². The Hall–Kier alpha value is -0.280. The van der Waals surface area contributed by atoms with Crippen molar-refractivity contribution in [2.45, 2.75) is 58.2 Å². The van der Waals surface area contributed by atoms with Crippen LogP contribution in [0.25, 0.3) is 0 Å². The average molecular weight is 329 g/mol. The monoisotopic (exact) mass is 328 g/mol. The van der Waals surface area contributed by atoms with Crippen LogP contribution in [0.1, 0.15) is 45.6 Å². The van der Waals surface area contributed by atoms with Crippen molar-refractivity contribution < 1.29 is 0 Å². The molecule has 1 aliphatic rings. The lowest BCUT2D eigenvalue weighted by molar-refractivity contribution is 0.131. The molecule has 1 heterocycles. The molecule has 0 spiro atoms. The Kier molecular flexibility index (Phi) is 5.96. The van der Waals surface area contributed by atoms with Gasteiger partial charge in [0.1, 0.15) is 0 Å². The maximum Gasteiger partial charge on any atom is 0.0465 e. The molecule has 0 aliphatic carbocycles. The zero-order valence-corrected chi connectivity index (χ0v) is 14.8. The van der Waals surface area contributed by atoms with Crippen LogP contribution in [-0.4, -0.2) is 29.6 Å². The highest BCUT2D eigenvalue weighted by Crippen LogP contribution is 2.28. The Morgan fingerprint density at radius 1 is 1.19 bits per heavy atom. The Labute approximate surface area is 138 Å². The smallest absolute Gasteiger partial charge is 0.0465 e. The van der Waals surface area contributed by atoms with Crippen LogP contribution in [0.4, 0.5) is 0 Å². The third-order valence-electron chi connectivity index (χ3n) is 4.04. The van der Waals surface area contributed by atoms with Crippen molar-refractivity contribution in [3.05, 3.63) is 33.8 Å². The quantitative estimate of drug-likeness (QED) is 0.859. The molecule has 1 aromatic carbocycles. The fraction of sp³-hybridized carbons (Fsp3) is 0.647. The summed E-state index contributed by atoms with van der Waals surface area (Å²) in [4.78, 5) is 2.52. The van der Waals surface area contributed by atoms with E-state index < -0.39 is 0 Å². The van der Waals surface area contributed by atoms with Crippen molar-refractivity contribution >= 4 is 23.2 Å². The molecule has 0 radical (unpaired) electrons. The van der Waals surface area contributed by atoms with Gasteiger partial charge in [-0.1, -0.05) is 35.7 Å². The lowest BCUT2D eigenvalue weighted by atomic mass is 9.99. The highest BCUT2D eigenvalue weighted by Gasteiger charge is 2.25. The van der Waals surface area contributed by atoms with E-state index >= 15 is 0 Å². The normalized spacial score (nSPS) is 20.7. The van der Waals surface area contributed by atoms with Crippen LogP contribution in [-0.2, 0) is 6.54 Å². The number of rotatable bonds is 4. The second-order valence-electron chi connectivity index (χ2n) is 6.95. The summed E-state index contributed by atoms with van der Waals surface area (Å²) < 4.78 is 0. The highest BCUT2D eigenvalue weighted by atomic mass is 35.5. The number of likely N-dealkylation sites (tertiary alicyclic amines) is 1. The molecular formula is C17H26Cl2N2. The molecule has 2 rings (SSSR count). The number of hydrogen-bond acceptors (Lipinski definition) is 2. The van der Waals surface area contributed by atoms with Crippen LogP contribution in [0.5, 0.6) is 0 Å². The van der Waals surface area contributed by atoms with Crippen LogP contribution < -0.4 is 5.32 Å². The van der Waals surface area contributed by atoms with E-state index in [-0.39, 0.29) is 5.54 Å². The van der Waals surface area contributed by atoms with E-state index in [9.17, 15) is 0 Å². The lowest BCUT2D eigenvalue weighted by Crippen LogP contribution is -2.49. The van der Waals surface area contributed by atoms with Crippen LogP contribution in [0.2, 0.25) is 10.0 Å². The standard InChI is InChI=1S/C17H26Cl2N2/c1-17(2,3)20-11-13-7-4-5-10-21(13)12-14-15(18)8-6-9-16(14)19/h6,8-9,13,20H,4-5,7,10-12H2,1-3H3. The third-order valence-corrected chi connectivity index (χ3v) is 4.75. The molecule has 1 atom stereocenters. The van der Waals surface area contributed by atoms with Gasteiger partial charge in [-0.2, -0.15) is 0 Å². The molecule has 4 heteroatoms. The van der Waals surface area contributed by atoms with Gasteiger partial charge in [-0.25, -0.2) is 0 Å². The molecule has 1 fully saturated rings. The predicted molar refractivity (Wildman–Crippen MR) is 92.3 cm³/mol. The van der Waals surface area contributed by atoms with Crippen molar-refractivity contribution in [2.75, 3.05) is 13.1 Å². The van der Waals surface area contributed by atoms with Gasteiger partial charge in [-0.3, -0.25) is 4.90 Å². The molecule has 0 bridgehead atoms. The van der Waals surface area contributed by atoms with Gasteiger partial charge in [0.05, 0.1) is 0 Å². The van der Waals surface area contributed by atoms with Gasteiger partial charge >= 0.3 is 0 Å². The Bertz CT molecular complexity index is 448. The number of halogens is 2.